The van der Waals surface area contributed by atoms with Crippen LogP contribution in [0.5, 0.6) is 0 Å². The maximum Gasteiger partial charge on any atom is 0.245 e. The minimum Gasteiger partial charge on any atom is -0.360 e. The van der Waals surface area contributed by atoms with Crippen molar-refractivity contribution in [3.05, 3.63) is 11.8 Å². The monoisotopic (exact) mass is 293 g/mol. The molecule has 21 heavy (non-hydrogen) atoms. The highest BCUT2D eigenvalue weighted by atomic mass is 16.5. The first-order valence-electron chi connectivity index (χ1n) is 7.45. The fraction of sp³-hybridized carbons (Fsp3) is 0.667. The fourth-order valence-corrected chi connectivity index (χ4v) is 2.13. The molecule has 0 spiro atoms. The normalized spacial score (nSPS) is 14.3. The average Bonchev–Trinajstić information content (AvgIpc) is 3.10. The van der Waals surface area contributed by atoms with Gasteiger partial charge in [-0.15, -0.1) is 0 Å². The summed E-state index contributed by atoms with van der Waals surface area (Å²) in [6.45, 7) is 6.52. The second-order valence-electron chi connectivity index (χ2n) is 6.19. The van der Waals surface area contributed by atoms with Crippen LogP contribution in [0.3, 0.4) is 0 Å². The zero-order chi connectivity index (χ0) is 15.4. The van der Waals surface area contributed by atoms with Crippen LogP contribution in [0.4, 0.5) is 5.82 Å². The van der Waals surface area contributed by atoms with Crippen molar-refractivity contribution in [3.63, 3.8) is 0 Å². The predicted octanol–water partition coefficient (Wildman–Crippen LogP) is 2.21. The van der Waals surface area contributed by atoms with Crippen molar-refractivity contribution in [1.82, 2.24) is 10.1 Å². The second-order valence-corrected chi connectivity index (χ2v) is 6.19. The number of carbonyl (C=O) groups is 2. The number of carbonyl (C=O) groups excluding carboxylic acids is 2. The maximum atomic E-state index is 12.2. The number of rotatable bonds is 7. The van der Waals surface area contributed by atoms with E-state index in [1.54, 1.807) is 17.9 Å². The van der Waals surface area contributed by atoms with Gasteiger partial charge in [0.1, 0.15) is 5.76 Å². The molecule has 1 fully saturated rings. The lowest BCUT2D eigenvalue weighted by molar-refractivity contribution is -0.135. The van der Waals surface area contributed by atoms with Crippen LogP contribution in [0.1, 0.15) is 38.9 Å². The molecule has 6 heteroatoms. The van der Waals surface area contributed by atoms with E-state index in [1.807, 2.05) is 13.8 Å². The third-order valence-electron chi connectivity index (χ3n) is 3.34. The summed E-state index contributed by atoms with van der Waals surface area (Å²) in [5.74, 6) is 1.68. The van der Waals surface area contributed by atoms with Crippen LogP contribution in [0.2, 0.25) is 0 Å². The van der Waals surface area contributed by atoms with E-state index in [0.717, 1.165) is 12.8 Å². The summed E-state index contributed by atoms with van der Waals surface area (Å²) in [5.41, 5.74) is 0. The first-order valence-corrected chi connectivity index (χ1v) is 7.45. The summed E-state index contributed by atoms with van der Waals surface area (Å²) in [4.78, 5) is 25.9. The molecular weight excluding hydrogens is 270 g/mol. The van der Waals surface area contributed by atoms with E-state index >= 15 is 0 Å². The Labute approximate surface area is 124 Å². The van der Waals surface area contributed by atoms with Crippen LogP contribution in [-0.2, 0) is 9.59 Å². The van der Waals surface area contributed by atoms with Gasteiger partial charge in [-0.05, 0) is 31.6 Å². The van der Waals surface area contributed by atoms with Crippen molar-refractivity contribution < 1.29 is 14.1 Å². The van der Waals surface area contributed by atoms with Crippen molar-refractivity contribution >= 4 is 17.6 Å². The SMILES string of the molecule is Cc1cc(NC(=O)CN(CC2CC2)C(=O)CC(C)C)no1. The third kappa shape index (κ3) is 5.21. The summed E-state index contributed by atoms with van der Waals surface area (Å²) >= 11 is 0. The Balaban J connectivity index is 1.90. The summed E-state index contributed by atoms with van der Waals surface area (Å²) in [5, 5.41) is 6.38. The number of hydrogen-bond acceptors (Lipinski definition) is 4. The number of nitrogens with zero attached hydrogens (tertiary/aromatic N) is 2. The lowest BCUT2D eigenvalue weighted by atomic mass is 10.1. The van der Waals surface area contributed by atoms with E-state index in [1.165, 1.54) is 0 Å². The van der Waals surface area contributed by atoms with Gasteiger partial charge in [-0.3, -0.25) is 9.59 Å². The molecule has 1 N–H and O–H groups in total. The Morgan fingerprint density at radius 1 is 1.48 bits per heavy atom. The van der Waals surface area contributed by atoms with Crippen LogP contribution < -0.4 is 5.32 Å². The van der Waals surface area contributed by atoms with Crippen LogP contribution >= 0.6 is 0 Å². The van der Waals surface area contributed by atoms with Crippen LogP contribution in [-0.4, -0.2) is 35.0 Å². The summed E-state index contributed by atoms with van der Waals surface area (Å²) in [6.07, 6.45) is 2.77. The highest BCUT2D eigenvalue weighted by molar-refractivity contribution is 5.93. The molecule has 1 aliphatic carbocycles. The van der Waals surface area contributed by atoms with Crippen molar-refractivity contribution in [1.29, 1.82) is 0 Å². The lowest BCUT2D eigenvalue weighted by Crippen LogP contribution is -2.39. The van der Waals surface area contributed by atoms with Gasteiger partial charge in [0.25, 0.3) is 0 Å². The highest BCUT2D eigenvalue weighted by Gasteiger charge is 2.28. The molecule has 0 unspecified atom stereocenters. The molecular formula is C15H23N3O3. The molecule has 1 heterocycles. The highest BCUT2D eigenvalue weighted by Crippen LogP contribution is 2.30. The van der Waals surface area contributed by atoms with Crippen LogP contribution in [0, 0.1) is 18.8 Å². The quantitative estimate of drug-likeness (QED) is 0.836. The first-order chi connectivity index (χ1) is 9.94. The fourth-order valence-electron chi connectivity index (χ4n) is 2.13. The van der Waals surface area contributed by atoms with Crippen molar-refractivity contribution in [2.75, 3.05) is 18.4 Å². The Morgan fingerprint density at radius 2 is 2.19 bits per heavy atom. The smallest absolute Gasteiger partial charge is 0.245 e. The Morgan fingerprint density at radius 3 is 2.71 bits per heavy atom. The van der Waals surface area contributed by atoms with E-state index in [4.69, 9.17) is 4.52 Å². The molecule has 0 radical (unpaired) electrons. The summed E-state index contributed by atoms with van der Waals surface area (Å²) in [6, 6.07) is 1.65. The maximum absolute atomic E-state index is 12.2. The molecule has 116 valence electrons. The van der Waals surface area contributed by atoms with Crippen LogP contribution in [0.25, 0.3) is 0 Å². The van der Waals surface area contributed by atoms with Crippen molar-refractivity contribution in [2.24, 2.45) is 11.8 Å². The van der Waals surface area contributed by atoms with Gasteiger partial charge in [0, 0.05) is 19.0 Å². The molecule has 0 aliphatic heterocycles. The first kappa shape index (κ1) is 15.5. The van der Waals surface area contributed by atoms with E-state index in [2.05, 4.69) is 10.5 Å². The third-order valence-corrected chi connectivity index (χ3v) is 3.34. The number of anilines is 1. The molecule has 1 aliphatic rings. The molecule has 1 aromatic heterocycles. The van der Waals surface area contributed by atoms with Gasteiger partial charge < -0.3 is 14.7 Å². The number of aryl methyl sites for hydroxylation is 1. The molecule has 0 saturated heterocycles. The van der Waals surface area contributed by atoms with Gasteiger partial charge in [0.15, 0.2) is 5.82 Å². The lowest BCUT2D eigenvalue weighted by Gasteiger charge is -2.22. The molecule has 6 nitrogen and oxygen atoms in total. The van der Waals surface area contributed by atoms with Gasteiger partial charge in [-0.2, -0.15) is 0 Å². The standard InChI is InChI=1S/C15H23N3O3/c1-10(2)6-15(20)18(8-12-4-5-12)9-14(19)16-13-7-11(3)21-17-13/h7,10,12H,4-6,8-9H2,1-3H3,(H,16,17,19). The zero-order valence-electron chi connectivity index (χ0n) is 12.9. The van der Waals surface area contributed by atoms with E-state index in [9.17, 15) is 9.59 Å². The van der Waals surface area contributed by atoms with Crippen LogP contribution in [0.15, 0.2) is 10.6 Å². The molecule has 0 aromatic carbocycles. The topological polar surface area (TPSA) is 75.4 Å². The summed E-state index contributed by atoms with van der Waals surface area (Å²) < 4.78 is 4.90. The van der Waals surface area contributed by atoms with Gasteiger partial charge in [-0.1, -0.05) is 19.0 Å². The summed E-state index contributed by atoms with van der Waals surface area (Å²) in [7, 11) is 0. The molecule has 1 aromatic rings. The van der Waals surface area contributed by atoms with Gasteiger partial charge in [0.2, 0.25) is 11.8 Å². The van der Waals surface area contributed by atoms with E-state index in [0.29, 0.717) is 36.4 Å². The zero-order valence-corrected chi connectivity index (χ0v) is 12.9. The predicted molar refractivity (Wildman–Crippen MR) is 78.6 cm³/mol. The van der Waals surface area contributed by atoms with Crippen molar-refractivity contribution in [2.45, 2.75) is 40.0 Å². The molecule has 2 rings (SSSR count). The molecule has 2 amide bonds. The van der Waals surface area contributed by atoms with Crippen molar-refractivity contribution in [3.8, 4) is 0 Å². The van der Waals surface area contributed by atoms with Gasteiger partial charge >= 0.3 is 0 Å². The second kappa shape index (κ2) is 6.74. The number of amides is 2. The Hall–Kier alpha value is -1.85. The number of aromatic nitrogens is 1. The minimum absolute atomic E-state index is 0.0448. The van der Waals surface area contributed by atoms with Gasteiger partial charge in [0.05, 0.1) is 6.54 Å². The largest absolute Gasteiger partial charge is 0.360 e. The number of hydrogen-bond donors (Lipinski definition) is 1. The van der Waals surface area contributed by atoms with E-state index in [-0.39, 0.29) is 18.4 Å². The van der Waals surface area contributed by atoms with Gasteiger partial charge in [-0.25, -0.2) is 0 Å². The molecule has 0 bridgehead atoms. The van der Waals surface area contributed by atoms with E-state index < -0.39 is 0 Å². The number of nitrogens with one attached hydrogen (secondary N) is 1. The molecule has 1 saturated carbocycles. The molecule has 0 atom stereocenters. The Kier molecular flexibility index (Phi) is 4.98. The average molecular weight is 293 g/mol. The Bertz CT molecular complexity index is 506. The minimum atomic E-state index is -0.235.